The summed E-state index contributed by atoms with van der Waals surface area (Å²) in [6.07, 6.45) is 1.77. The fourth-order valence-electron chi connectivity index (χ4n) is 3.58. The van der Waals surface area contributed by atoms with Crippen LogP contribution in [-0.2, 0) is 16.6 Å². The fraction of sp³-hybridized carbons (Fsp3) is 0.200. The van der Waals surface area contributed by atoms with Crippen LogP contribution in [0.25, 0.3) is 10.2 Å². The minimum Gasteiger partial charge on any atom is -0.352 e. The molecule has 35 heavy (non-hydrogen) atoms. The first-order chi connectivity index (χ1) is 16.8. The van der Waals surface area contributed by atoms with Gasteiger partial charge in [0.15, 0.2) is 0 Å². The predicted octanol–water partition coefficient (Wildman–Crippen LogP) is 5.10. The van der Waals surface area contributed by atoms with Crippen molar-refractivity contribution in [3.05, 3.63) is 92.5 Å². The molecule has 2 N–H and O–H groups in total. The van der Waals surface area contributed by atoms with Crippen molar-refractivity contribution in [2.24, 2.45) is 0 Å². The van der Waals surface area contributed by atoms with Crippen molar-refractivity contribution in [1.29, 1.82) is 0 Å². The van der Waals surface area contributed by atoms with Crippen LogP contribution in [0.1, 0.15) is 35.7 Å². The minimum absolute atomic E-state index is 0.00564. The average Bonchev–Trinajstić information content (AvgIpc) is 3.15. The van der Waals surface area contributed by atoms with Crippen LogP contribution in [0.5, 0.6) is 0 Å². The molecule has 10 heteroatoms. The topological polar surface area (TPSA) is 97.3 Å². The molecular formula is C25H24ClN3O4S2. The summed E-state index contributed by atoms with van der Waals surface area (Å²) in [6, 6.07) is 18.2. The van der Waals surface area contributed by atoms with Gasteiger partial charge in [0.1, 0.15) is 0 Å². The molecule has 0 fully saturated rings. The van der Waals surface area contributed by atoms with E-state index in [1.165, 1.54) is 12.1 Å². The number of hydrogen-bond acceptors (Lipinski definition) is 5. The fourth-order valence-corrected chi connectivity index (χ4v) is 5.82. The first-order valence-corrected chi connectivity index (χ1v) is 13.7. The molecule has 4 aromatic rings. The molecule has 3 aromatic carbocycles. The number of carbonyl (C=O) groups excluding carboxylic acids is 1. The van der Waals surface area contributed by atoms with Crippen LogP contribution < -0.4 is 14.9 Å². The Hall–Kier alpha value is -3.14. The Labute approximate surface area is 212 Å². The second kappa shape index (κ2) is 10.6. The first-order valence-electron chi connectivity index (χ1n) is 11.1. The lowest BCUT2D eigenvalue weighted by Crippen LogP contribution is -2.26. The van der Waals surface area contributed by atoms with Gasteiger partial charge in [0, 0.05) is 11.6 Å². The van der Waals surface area contributed by atoms with Crippen molar-refractivity contribution < 1.29 is 13.2 Å². The highest BCUT2D eigenvalue weighted by Gasteiger charge is 2.20. The van der Waals surface area contributed by atoms with Crippen LogP contribution in [0.3, 0.4) is 0 Å². The van der Waals surface area contributed by atoms with E-state index in [1.807, 2.05) is 19.1 Å². The van der Waals surface area contributed by atoms with Crippen molar-refractivity contribution in [1.82, 2.24) is 9.88 Å². The van der Waals surface area contributed by atoms with Gasteiger partial charge in [-0.1, -0.05) is 60.5 Å². The Bertz CT molecular complexity index is 1530. The quantitative estimate of drug-likeness (QED) is 0.295. The van der Waals surface area contributed by atoms with Crippen molar-refractivity contribution in [3.63, 3.8) is 0 Å². The summed E-state index contributed by atoms with van der Waals surface area (Å²) in [5, 5.41) is 3.41. The number of thiazole rings is 1. The summed E-state index contributed by atoms with van der Waals surface area (Å²) in [5.74, 6) is -0.343. The number of halogens is 1. The van der Waals surface area contributed by atoms with E-state index in [-0.39, 0.29) is 26.9 Å². The third kappa shape index (κ3) is 5.75. The number of nitrogens with one attached hydrogen (secondary N) is 2. The number of benzene rings is 3. The Kier molecular flexibility index (Phi) is 7.59. The third-order valence-corrected chi connectivity index (χ3v) is 7.99. The molecule has 0 radical (unpaired) electrons. The number of unbranched alkanes of at least 4 members (excludes halogenated alkanes) is 1. The third-order valence-electron chi connectivity index (χ3n) is 5.44. The monoisotopic (exact) mass is 529 g/mol. The maximum atomic E-state index is 13.2. The van der Waals surface area contributed by atoms with Crippen LogP contribution in [-0.4, -0.2) is 25.4 Å². The highest BCUT2D eigenvalue weighted by molar-refractivity contribution is 7.92. The molecule has 7 nitrogen and oxygen atoms in total. The van der Waals surface area contributed by atoms with E-state index in [4.69, 9.17) is 11.6 Å². The number of para-hydroxylation sites is 1. The van der Waals surface area contributed by atoms with Gasteiger partial charge >= 0.3 is 4.87 Å². The molecule has 1 heterocycles. The van der Waals surface area contributed by atoms with Gasteiger partial charge in [-0.05, 0) is 54.4 Å². The van der Waals surface area contributed by atoms with E-state index in [1.54, 1.807) is 47.0 Å². The van der Waals surface area contributed by atoms with Crippen LogP contribution >= 0.6 is 22.9 Å². The maximum absolute atomic E-state index is 13.2. The Morgan fingerprint density at radius 1 is 1.06 bits per heavy atom. The van der Waals surface area contributed by atoms with Crippen molar-refractivity contribution >= 4 is 54.8 Å². The predicted molar refractivity (Wildman–Crippen MR) is 141 cm³/mol. The number of amides is 1. The molecule has 182 valence electrons. The lowest BCUT2D eigenvalue weighted by Gasteiger charge is -2.13. The zero-order valence-corrected chi connectivity index (χ0v) is 21.3. The van der Waals surface area contributed by atoms with E-state index in [0.717, 1.165) is 29.7 Å². The van der Waals surface area contributed by atoms with Gasteiger partial charge in [0.05, 0.1) is 32.9 Å². The largest absolute Gasteiger partial charge is 0.352 e. The summed E-state index contributed by atoms with van der Waals surface area (Å²) in [5.41, 5.74) is 1.98. The molecular weight excluding hydrogens is 506 g/mol. The van der Waals surface area contributed by atoms with Crippen molar-refractivity contribution in [3.8, 4) is 0 Å². The molecule has 0 aliphatic heterocycles. The van der Waals surface area contributed by atoms with Crippen molar-refractivity contribution in [2.45, 2.75) is 31.2 Å². The van der Waals surface area contributed by atoms with E-state index in [2.05, 4.69) is 10.0 Å². The molecule has 0 spiro atoms. The second-order valence-electron chi connectivity index (χ2n) is 7.97. The molecule has 0 bridgehead atoms. The van der Waals surface area contributed by atoms with E-state index >= 15 is 0 Å². The Balaban J connectivity index is 1.61. The average molecular weight is 530 g/mol. The van der Waals surface area contributed by atoms with Gasteiger partial charge < -0.3 is 5.32 Å². The second-order valence-corrected chi connectivity index (χ2v) is 11.1. The molecule has 0 atom stereocenters. The minimum atomic E-state index is -4.00. The molecule has 0 unspecified atom stereocenters. The van der Waals surface area contributed by atoms with Crippen LogP contribution in [0.2, 0.25) is 5.02 Å². The number of aromatic nitrogens is 1. The van der Waals surface area contributed by atoms with Crippen LogP contribution in [0.15, 0.2) is 76.4 Å². The van der Waals surface area contributed by atoms with Gasteiger partial charge in [0.2, 0.25) is 0 Å². The van der Waals surface area contributed by atoms with Gasteiger partial charge in [-0.3, -0.25) is 18.9 Å². The summed E-state index contributed by atoms with van der Waals surface area (Å²) in [6.45, 7) is 2.88. The Morgan fingerprint density at radius 2 is 1.80 bits per heavy atom. The zero-order chi connectivity index (χ0) is 25.0. The molecule has 1 amide bonds. The molecule has 0 aliphatic rings. The summed E-state index contributed by atoms with van der Waals surface area (Å²) in [7, 11) is -4.00. The molecule has 4 rings (SSSR count). The lowest BCUT2D eigenvalue weighted by molar-refractivity contribution is 0.0954. The van der Waals surface area contributed by atoms with Gasteiger partial charge in [-0.2, -0.15) is 0 Å². The normalized spacial score (nSPS) is 11.5. The van der Waals surface area contributed by atoms with Gasteiger partial charge in [-0.15, -0.1) is 0 Å². The van der Waals surface area contributed by atoms with E-state index in [0.29, 0.717) is 28.3 Å². The number of rotatable bonds is 9. The number of anilines is 1. The Morgan fingerprint density at radius 3 is 2.54 bits per heavy atom. The van der Waals surface area contributed by atoms with Crippen LogP contribution in [0, 0.1) is 0 Å². The SMILES string of the molecule is CCCCNC(=O)c1ccccc1NS(=O)(=O)c1ccc2c(c1)sc(=O)n2Cc1ccc(Cl)cc1. The number of fused-ring (bicyclic) bond motifs is 1. The molecule has 1 aromatic heterocycles. The van der Waals surface area contributed by atoms with Crippen LogP contribution in [0.4, 0.5) is 5.69 Å². The summed E-state index contributed by atoms with van der Waals surface area (Å²) < 4.78 is 31.0. The number of carbonyl (C=O) groups is 1. The van der Waals surface area contributed by atoms with E-state index in [9.17, 15) is 18.0 Å². The summed E-state index contributed by atoms with van der Waals surface area (Å²) in [4.78, 5) is 25.0. The summed E-state index contributed by atoms with van der Waals surface area (Å²) >= 11 is 6.92. The molecule has 0 saturated heterocycles. The van der Waals surface area contributed by atoms with Gasteiger partial charge in [-0.25, -0.2) is 8.42 Å². The maximum Gasteiger partial charge on any atom is 0.308 e. The van der Waals surface area contributed by atoms with E-state index < -0.39 is 10.0 Å². The molecule has 0 saturated carbocycles. The standard InChI is InChI=1S/C25H24ClN3O4S2/c1-2-3-14-27-24(30)20-6-4-5-7-21(20)28-35(32,33)19-12-13-22-23(15-19)34-25(31)29(22)16-17-8-10-18(26)11-9-17/h4-13,15,28H,2-3,14,16H2,1H3,(H,27,30). The highest BCUT2D eigenvalue weighted by atomic mass is 35.5. The number of nitrogens with zero attached hydrogens (tertiary/aromatic N) is 1. The highest BCUT2D eigenvalue weighted by Crippen LogP contribution is 2.25. The van der Waals surface area contributed by atoms with Gasteiger partial charge in [0.25, 0.3) is 15.9 Å². The van der Waals surface area contributed by atoms with Crippen molar-refractivity contribution in [2.75, 3.05) is 11.3 Å². The lowest BCUT2D eigenvalue weighted by atomic mass is 10.1. The number of hydrogen-bond donors (Lipinski definition) is 2. The molecule has 0 aliphatic carbocycles. The smallest absolute Gasteiger partial charge is 0.308 e. The zero-order valence-electron chi connectivity index (χ0n) is 19.0. The first kappa shape index (κ1) is 25.0. The number of sulfonamides is 1.